The highest BCUT2D eigenvalue weighted by atomic mass is 32.1. The molecule has 4 rings (SSSR count). The SMILES string of the molecule is CCOC(=O)C1=C(C)N=c2s/c(=C\C=C\c3ccc([N+](=O)[O-])cc3)c(=O)n2[C@@H]1c1ccc(F)cc1. The van der Waals surface area contributed by atoms with Gasteiger partial charge in [0.05, 0.1) is 33.4 Å². The maximum atomic E-state index is 13.6. The molecule has 0 amide bonds. The maximum absolute atomic E-state index is 13.6. The van der Waals surface area contributed by atoms with Gasteiger partial charge >= 0.3 is 5.97 Å². The number of nitro groups is 1. The molecule has 1 atom stereocenters. The standard InChI is InChI=1S/C25H20FN3O5S/c1-3-34-24(31)21-15(2)27-25-28(22(21)17-9-11-18(26)12-10-17)23(30)20(35-25)6-4-5-16-7-13-19(14-8-16)29(32)33/h4-14,22H,3H2,1-2H3/b5-4+,20-6-/t22-/m1/s1. The molecule has 1 aromatic heterocycles. The third-order valence-electron chi connectivity index (χ3n) is 5.34. The number of allylic oxidation sites excluding steroid dienone is 2. The Bertz CT molecular complexity index is 1530. The largest absolute Gasteiger partial charge is 0.463 e. The third kappa shape index (κ3) is 4.87. The molecule has 0 bridgehead atoms. The zero-order valence-corrected chi connectivity index (χ0v) is 19.6. The number of aromatic nitrogens is 1. The number of nitro benzene ring substituents is 1. The molecule has 0 unspecified atom stereocenters. The molecule has 8 nitrogen and oxygen atoms in total. The molecule has 0 N–H and O–H groups in total. The van der Waals surface area contributed by atoms with E-state index >= 15 is 0 Å². The molecule has 0 saturated carbocycles. The van der Waals surface area contributed by atoms with Gasteiger partial charge in [-0.1, -0.05) is 35.6 Å². The van der Waals surface area contributed by atoms with Crippen LogP contribution in [0.5, 0.6) is 0 Å². The Balaban J connectivity index is 1.79. The lowest BCUT2D eigenvalue weighted by Gasteiger charge is -2.24. The lowest BCUT2D eigenvalue weighted by molar-refractivity contribution is -0.384. The normalized spacial score (nSPS) is 15.7. The van der Waals surface area contributed by atoms with Crippen molar-refractivity contribution in [1.29, 1.82) is 0 Å². The zero-order valence-electron chi connectivity index (χ0n) is 18.8. The number of non-ortho nitro benzene ring substituents is 1. The summed E-state index contributed by atoms with van der Waals surface area (Å²) in [5.41, 5.74) is 1.56. The summed E-state index contributed by atoms with van der Waals surface area (Å²) in [6.07, 6.45) is 5.00. The number of ether oxygens (including phenoxy) is 1. The number of carbonyl (C=O) groups is 1. The topological polar surface area (TPSA) is 104 Å². The second-order valence-corrected chi connectivity index (χ2v) is 8.59. The lowest BCUT2D eigenvalue weighted by atomic mass is 9.96. The summed E-state index contributed by atoms with van der Waals surface area (Å²) in [6.45, 7) is 3.52. The van der Waals surface area contributed by atoms with Crippen molar-refractivity contribution in [1.82, 2.24) is 4.57 Å². The summed E-state index contributed by atoms with van der Waals surface area (Å²) in [4.78, 5) is 41.4. The van der Waals surface area contributed by atoms with Gasteiger partial charge in [0.2, 0.25) is 0 Å². The number of esters is 1. The van der Waals surface area contributed by atoms with E-state index in [1.807, 2.05) is 0 Å². The van der Waals surface area contributed by atoms with Gasteiger partial charge in [0.25, 0.3) is 11.2 Å². The number of fused-ring (bicyclic) bond motifs is 1. The molecule has 2 aromatic carbocycles. The summed E-state index contributed by atoms with van der Waals surface area (Å²) in [5.74, 6) is -1.02. The lowest BCUT2D eigenvalue weighted by Crippen LogP contribution is -2.39. The molecular weight excluding hydrogens is 473 g/mol. The summed E-state index contributed by atoms with van der Waals surface area (Å²) in [5, 5.41) is 10.8. The van der Waals surface area contributed by atoms with Crippen LogP contribution in [0.25, 0.3) is 12.2 Å². The summed E-state index contributed by atoms with van der Waals surface area (Å²) in [6, 6.07) is 10.8. The minimum absolute atomic E-state index is 0.0102. The molecule has 1 aliphatic heterocycles. The highest BCUT2D eigenvalue weighted by Gasteiger charge is 2.33. The van der Waals surface area contributed by atoms with Crippen LogP contribution in [0.4, 0.5) is 10.1 Å². The van der Waals surface area contributed by atoms with Gasteiger partial charge in [0.1, 0.15) is 5.82 Å². The van der Waals surface area contributed by atoms with Crippen molar-refractivity contribution in [3.63, 3.8) is 0 Å². The summed E-state index contributed by atoms with van der Waals surface area (Å²) in [7, 11) is 0. The molecule has 35 heavy (non-hydrogen) atoms. The number of thiazole rings is 1. The minimum Gasteiger partial charge on any atom is -0.463 e. The number of benzene rings is 2. The predicted molar refractivity (Wildman–Crippen MR) is 130 cm³/mol. The van der Waals surface area contributed by atoms with E-state index in [9.17, 15) is 24.1 Å². The van der Waals surface area contributed by atoms with Gasteiger partial charge in [0.15, 0.2) is 4.80 Å². The van der Waals surface area contributed by atoms with Crippen LogP contribution >= 0.6 is 11.3 Å². The fourth-order valence-electron chi connectivity index (χ4n) is 3.72. The average Bonchev–Trinajstić information content (AvgIpc) is 3.14. The Hall–Kier alpha value is -4.18. The van der Waals surface area contributed by atoms with Crippen molar-refractivity contribution < 1.29 is 18.8 Å². The minimum atomic E-state index is -0.813. The third-order valence-corrected chi connectivity index (χ3v) is 6.34. The van der Waals surface area contributed by atoms with E-state index in [4.69, 9.17) is 4.74 Å². The van der Waals surface area contributed by atoms with Gasteiger partial charge in [-0.2, -0.15) is 0 Å². The van der Waals surface area contributed by atoms with Gasteiger partial charge in [0, 0.05) is 12.1 Å². The first-order valence-electron chi connectivity index (χ1n) is 10.7. The van der Waals surface area contributed by atoms with Crippen molar-refractivity contribution in [2.24, 2.45) is 4.99 Å². The van der Waals surface area contributed by atoms with Crippen molar-refractivity contribution in [2.45, 2.75) is 19.9 Å². The second-order valence-electron chi connectivity index (χ2n) is 7.58. The van der Waals surface area contributed by atoms with Crippen LogP contribution in [0.3, 0.4) is 0 Å². The quantitative estimate of drug-likeness (QED) is 0.297. The number of carbonyl (C=O) groups excluding carboxylic acids is 1. The van der Waals surface area contributed by atoms with E-state index in [1.165, 1.54) is 41.0 Å². The van der Waals surface area contributed by atoms with Gasteiger partial charge < -0.3 is 4.74 Å². The highest BCUT2D eigenvalue weighted by Crippen LogP contribution is 2.30. The molecule has 2 heterocycles. The molecule has 0 saturated heterocycles. The number of hydrogen-bond donors (Lipinski definition) is 0. The maximum Gasteiger partial charge on any atom is 0.338 e. The van der Waals surface area contributed by atoms with Gasteiger partial charge in [-0.15, -0.1) is 0 Å². The smallest absolute Gasteiger partial charge is 0.338 e. The average molecular weight is 494 g/mol. The van der Waals surface area contributed by atoms with Gasteiger partial charge in [-0.05, 0) is 55.3 Å². The Morgan fingerprint density at radius 1 is 1.23 bits per heavy atom. The highest BCUT2D eigenvalue weighted by molar-refractivity contribution is 7.07. The van der Waals surface area contributed by atoms with E-state index in [1.54, 1.807) is 44.2 Å². The predicted octanol–water partition coefficient (Wildman–Crippen LogP) is 3.51. The van der Waals surface area contributed by atoms with Crippen molar-refractivity contribution in [3.8, 4) is 0 Å². The number of rotatable bonds is 6. The molecule has 10 heteroatoms. The van der Waals surface area contributed by atoms with Crippen molar-refractivity contribution in [3.05, 3.63) is 113 Å². The Morgan fingerprint density at radius 2 is 1.91 bits per heavy atom. The first-order valence-corrected chi connectivity index (χ1v) is 11.5. The van der Waals surface area contributed by atoms with Crippen LogP contribution in [0, 0.1) is 15.9 Å². The van der Waals surface area contributed by atoms with E-state index < -0.39 is 22.8 Å². The van der Waals surface area contributed by atoms with E-state index in [-0.39, 0.29) is 23.4 Å². The van der Waals surface area contributed by atoms with Crippen molar-refractivity contribution >= 4 is 35.1 Å². The Morgan fingerprint density at radius 3 is 2.54 bits per heavy atom. The molecule has 0 fully saturated rings. The molecule has 0 spiro atoms. The molecule has 0 radical (unpaired) electrons. The molecule has 178 valence electrons. The molecule has 1 aliphatic rings. The first kappa shape index (κ1) is 24.0. The van der Waals surface area contributed by atoms with Crippen LogP contribution in [0.1, 0.15) is 31.0 Å². The van der Waals surface area contributed by atoms with Crippen LogP contribution in [0.15, 0.2) is 75.7 Å². The van der Waals surface area contributed by atoms with Crippen LogP contribution in [-0.2, 0) is 9.53 Å². The van der Waals surface area contributed by atoms with Crippen molar-refractivity contribution in [2.75, 3.05) is 6.61 Å². The van der Waals surface area contributed by atoms with E-state index in [2.05, 4.69) is 4.99 Å². The summed E-state index contributed by atoms with van der Waals surface area (Å²) >= 11 is 1.16. The fourth-order valence-corrected chi connectivity index (χ4v) is 4.72. The van der Waals surface area contributed by atoms with Gasteiger partial charge in [-0.3, -0.25) is 19.5 Å². The number of nitrogens with zero attached hydrogens (tertiary/aromatic N) is 3. The van der Waals surface area contributed by atoms with Gasteiger partial charge in [-0.25, -0.2) is 14.2 Å². The fraction of sp³-hybridized carbons (Fsp3) is 0.160. The van der Waals surface area contributed by atoms with E-state index in [0.717, 1.165) is 16.9 Å². The number of hydrogen-bond acceptors (Lipinski definition) is 7. The Kier molecular flexibility index (Phi) is 6.83. The van der Waals surface area contributed by atoms with Crippen LogP contribution in [-0.4, -0.2) is 22.1 Å². The summed E-state index contributed by atoms with van der Waals surface area (Å²) < 4.78 is 20.6. The van der Waals surface area contributed by atoms with Crippen LogP contribution < -0.4 is 14.9 Å². The number of halogens is 1. The molecule has 0 aliphatic carbocycles. The molecule has 3 aromatic rings. The second kappa shape index (κ2) is 9.98. The Labute approximate surface area is 202 Å². The van der Waals surface area contributed by atoms with Crippen LogP contribution in [0.2, 0.25) is 0 Å². The molecular formula is C25H20FN3O5S. The monoisotopic (exact) mass is 493 g/mol. The first-order chi connectivity index (χ1) is 16.8. The zero-order chi connectivity index (χ0) is 25.1. The van der Waals surface area contributed by atoms with E-state index in [0.29, 0.717) is 20.6 Å².